The summed E-state index contributed by atoms with van der Waals surface area (Å²) >= 11 is 0. The fourth-order valence-electron chi connectivity index (χ4n) is 11.6. The third-order valence-electron chi connectivity index (χ3n) is 16.9. The number of unbranched alkanes of at least 4 members (excludes halogenated alkanes) is 8. The van der Waals surface area contributed by atoms with Gasteiger partial charge in [-0.25, -0.2) is 28.8 Å². The highest BCUT2D eigenvalue weighted by atomic mass is 16.6. The number of esters is 6. The zero-order chi connectivity index (χ0) is 75.8. The maximum absolute atomic E-state index is 14.9. The van der Waals surface area contributed by atoms with Crippen molar-refractivity contribution >= 4 is 58.9 Å². The average molecular weight is 1440 g/mol. The molecule has 0 aromatic heterocycles. The normalized spacial score (nSPS) is 11.7. The van der Waals surface area contributed by atoms with Crippen LogP contribution in [0.15, 0.2) is 97.1 Å². The molecule has 1 aliphatic carbocycles. The van der Waals surface area contributed by atoms with E-state index in [0.717, 1.165) is 75.7 Å². The number of hydrogen-bond donors (Lipinski definition) is 0. The molecule has 20 heteroatoms. The van der Waals surface area contributed by atoms with E-state index in [1.165, 1.54) is 0 Å². The number of rotatable bonds is 48. The SMILES string of the molecule is C=C(C)C(=O)OCCCOc1c2cc(C(=O)CCCCC)cc1Cc1cc(C(=O)CCCCC)cc(c1OCCCOC(=O)C(=C)C)Cc1cc(C(=O)CCCCC)cc(c1OCCCOC(=O)/C=C\C(=O)OCC)Cc1cc(C(=O)CCCCC)cc(c1OCCCOC(=O)/C=C\C(=O)OCC)C2. The molecular weight excluding hydrogens is 1330 g/mol. The fourth-order valence-corrected chi connectivity index (χ4v) is 11.6. The van der Waals surface area contributed by atoms with Crippen molar-refractivity contribution < 1.29 is 95.3 Å². The summed E-state index contributed by atoms with van der Waals surface area (Å²) in [5.74, 6) is -3.24. The maximum Gasteiger partial charge on any atom is 0.333 e. The van der Waals surface area contributed by atoms with Crippen molar-refractivity contribution in [3.8, 4) is 23.0 Å². The van der Waals surface area contributed by atoms with Gasteiger partial charge in [-0.1, -0.05) is 92.2 Å². The van der Waals surface area contributed by atoms with Crippen LogP contribution in [0.3, 0.4) is 0 Å². The molecular formula is C84H108O20. The molecule has 0 aliphatic heterocycles. The highest BCUT2D eigenvalue weighted by Crippen LogP contribution is 2.42. The Kier molecular flexibility index (Phi) is 38.5. The molecule has 0 atom stereocenters. The van der Waals surface area contributed by atoms with Crippen molar-refractivity contribution in [3.63, 3.8) is 0 Å². The van der Waals surface area contributed by atoms with Gasteiger partial charge in [-0.3, -0.25) is 19.2 Å². The third-order valence-corrected chi connectivity index (χ3v) is 16.9. The summed E-state index contributed by atoms with van der Waals surface area (Å²) in [4.78, 5) is 135. The second-order valence-corrected chi connectivity index (χ2v) is 25.9. The molecule has 0 unspecified atom stereocenters. The summed E-state index contributed by atoms with van der Waals surface area (Å²) in [5, 5.41) is 0. The van der Waals surface area contributed by atoms with Crippen molar-refractivity contribution in [3.05, 3.63) is 164 Å². The van der Waals surface area contributed by atoms with Gasteiger partial charge in [-0.05, 0) is 146 Å². The first-order valence-corrected chi connectivity index (χ1v) is 37.1. The number of ether oxygens (including phenoxy) is 10. The Hall–Kier alpha value is -9.46. The summed E-state index contributed by atoms with van der Waals surface area (Å²) < 4.78 is 59.9. The van der Waals surface area contributed by atoms with Crippen molar-refractivity contribution in [1.82, 2.24) is 0 Å². The van der Waals surface area contributed by atoms with E-state index in [4.69, 9.17) is 47.4 Å². The van der Waals surface area contributed by atoms with Gasteiger partial charge in [0.1, 0.15) is 23.0 Å². The van der Waals surface area contributed by atoms with E-state index in [0.29, 0.717) is 115 Å². The van der Waals surface area contributed by atoms with Crippen LogP contribution in [0.25, 0.3) is 0 Å². The third kappa shape index (κ3) is 29.4. The first-order valence-electron chi connectivity index (χ1n) is 37.1. The Bertz CT molecular complexity index is 3440. The molecule has 1 aliphatic rings. The molecule has 4 aromatic carbocycles. The van der Waals surface area contributed by atoms with Crippen LogP contribution < -0.4 is 18.9 Å². The minimum absolute atomic E-state index is 0.00261. The monoisotopic (exact) mass is 1440 g/mol. The van der Waals surface area contributed by atoms with Crippen LogP contribution in [0.2, 0.25) is 0 Å². The Morgan fingerprint density at radius 1 is 0.298 bits per heavy atom. The maximum atomic E-state index is 14.9. The zero-order valence-corrected chi connectivity index (χ0v) is 62.5. The lowest BCUT2D eigenvalue weighted by molar-refractivity contribution is -0.140. The number of hydrogen-bond acceptors (Lipinski definition) is 20. The van der Waals surface area contributed by atoms with Gasteiger partial charge in [-0.15, -0.1) is 0 Å². The van der Waals surface area contributed by atoms with Gasteiger partial charge in [0, 0.05) is 135 Å². The minimum Gasteiger partial charge on any atom is -0.493 e. The first kappa shape index (κ1) is 85.2. The molecule has 564 valence electrons. The zero-order valence-electron chi connectivity index (χ0n) is 62.5. The van der Waals surface area contributed by atoms with E-state index in [9.17, 15) is 47.9 Å². The number of Topliss-reactive ketones (excluding diaryl/α,β-unsaturated/α-hetero) is 4. The molecule has 0 saturated carbocycles. The number of carbonyl (C=O) groups excluding carboxylic acids is 10. The lowest BCUT2D eigenvalue weighted by Gasteiger charge is -2.25. The molecule has 8 bridgehead atoms. The standard InChI is InChI=1S/C84H108O20/c1-11-17-21-29-71(85)59-45-63-53-64-46-60(72(86)30-22-18-12-2)48-66(80(64)100-40-26-38-98-78(92)36-34-76(90)96-16-6)55-68-50-62(74(88)32-24-20-14-4)52-70(82(68)102-42-28-44-104-84(94)58(9)10)56-69-51-61(73(87)31-23-19-13-3)49-67(81(69)101-41-27-43-103-83(93)57(7)8)54-65(47-59)79(63)99-39-25-37-97-77(91)35-33-75(89)95-15-5/h33-36,45-52H,7,9,11-32,37-44,53-56H2,1-6,8,10H3/b35-33-,36-34-. The second kappa shape index (κ2) is 47.0. The van der Waals surface area contributed by atoms with Crippen LogP contribution in [-0.2, 0) is 82.9 Å². The molecule has 4 aromatic rings. The quantitative estimate of drug-likeness (QED) is 0.0115. The molecule has 20 nitrogen and oxygen atoms in total. The van der Waals surface area contributed by atoms with Gasteiger partial charge in [0.05, 0.1) is 66.1 Å². The van der Waals surface area contributed by atoms with Gasteiger partial charge in [0.25, 0.3) is 0 Å². The number of fused-ring (bicyclic) bond motifs is 8. The Morgan fingerprint density at radius 2 is 0.510 bits per heavy atom. The van der Waals surface area contributed by atoms with Crippen LogP contribution in [0, 0.1) is 0 Å². The van der Waals surface area contributed by atoms with Crippen LogP contribution in [0.5, 0.6) is 23.0 Å². The first-order chi connectivity index (χ1) is 50.1. The molecule has 0 N–H and O–H groups in total. The molecule has 0 spiro atoms. The van der Waals surface area contributed by atoms with Crippen LogP contribution in [-0.4, -0.2) is 125 Å². The largest absolute Gasteiger partial charge is 0.493 e. The van der Waals surface area contributed by atoms with E-state index < -0.39 is 35.8 Å². The summed E-state index contributed by atoms with van der Waals surface area (Å²) in [5.41, 5.74) is 6.10. The highest BCUT2D eigenvalue weighted by molar-refractivity contribution is 6.00. The molecule has 0 radical (unpaired) electrons. The van der Waals surface area contributed by atoms with Crippen molar-refractivity contribution in [2.45, 2.75) is 209 Å². The van der Waals surface area contributed by atoms with Gasteiger partial charge in [-0.2, -0.15) is 0 Å². The summed E-state index contributed by atoms with van der Waals surface area (Å²) in [7, 11) is 0. The summed E-state index contributed by atoms with van der Waals surface area (Å²) in [6, 6.07) is 14.4. The topological polar surface area (TPSA) is 263 Å². The van der Waals surface area contributed by atoms with Crippen molar-refractivity contribution in [2.24, 2.45) is 0 Å². The summed E-state index contributed by atoms with van der Waals surface area (Å²) in [6.07, 6.45) is 14.7. The number of benzene rings is 4. The molecule has 0 heterocycles. The lowest BCUT2D eigenvalue weighted by Crippen LogP contribution is -2.15. The van der Waals surface area contributed by atoms with Crippen LogP contribution >= 0.6 is 0 Å². The van der Waals surface area contributed by atoms with E-state index in [-0.39, 0.29) is 177 Å². The predicted molar refractivity (Wildman–Crippen MR) is 396 cm³/mol. The van der Waals surface area contributed by atoms with Gasteiger partial charge in [0.15, 0.2) is 23.1 Å². The molecule has 0 amide bonds. The van der Waals surface area contributed by atoms with Gasteiger partial charge in [0.2, 0.25) is 0 Å². The van der Waals surface area contributed by atoms with E-state index >= 15 is 0 Å². The molecule has 0 saturated heterocycles. The average Bonchev–Trinajstić information content (AvgIpc) is 0.770. The molecule has 0 fully saturated rings. The van der Waals surface area contributed by atoms with Gasteiger partial charge >= 0.3 is 35.8 Å². The van der Waals surface area contributed by atoms with Crippen LogP contribution in [0.1, 0.15) is 270 Å². The minimum atomic E-state index is -0.780. The fraction of sp³-hybridized carbons (Fsp3) is 0.500. The van der Waals surface area contributed by atoms with E-state index in [1.807, 2.05) is 24.3 Å². The smallest absolute Gasteiger partial charge is 0.333 e. The Balaban J connectivity index is 1.97. The highest BCUT2D eigenvalue weighted by Gasteiger charge is 2.28. The predicted octanol–water partition coefficient (Wildman–Crippen LogP) is 16.1. The van der Waals surface area contributed by atoms with Crippen LogP contribution in [0.4, 0.5) is 0 Å². The molecule has 5 rings (SSSR count). The van der Waals surface area contributed by atoms with Crippen molar-refractivity contribution in [1.29, 1.82) is 0 Å². The van der Waals surface area contributed by atoms with E-state index in [1.54, 1.807) is 52.0 Å². The number of carbonyl (C=O) groups is 10. The lowest BCUT2D eigenvalue weighted by atomic mass is 9.86. The number of ketones is 4. The van der Waals surface area contributed by atoms with Gasteiger partial charge < -0.3 is 47.4 Å². The Labute approximate surface area is 613 Å². The second-order valence-electron chi connectivity index (χ2n) is 25.9. The summed E-state index contributed by atoms with van der Waals surface area (Å²) in [6.45, 7) is 22.0. The molecule has 104 heavy (non-hydrogen) atoms. The van der Waals surface area contributed by atoms with E-state index in [2.05, 4.69) is 40.9 Å². The van der Waals surface area contributed by atoms with Crippen molar-refractivity contribution in [2.75, 3.05) is 66.1 Å². The Morgan fingerprint density at radius 3 is 0.712 bits per heavy atom.